The normalized spacial score (nSPS) is 15.7. The molecule has 1 aromatic heterocycles. The fourth-order valence-electron chi connectivity index (χ4n) is 4.74. The molecule has 9 heteroatoms. The molecule has 0 saturated carbocycles. The van der Waals surface area contributed by atoms with Gasteiger partial charge in [-0.3, -0.25) is 4.79 Å². The highest BCUT2D eigenvalue weighted by atomic mass is 79.9. The van der Waals surface area contributed by atoms with Crippen molar-refractivity contribution < 1.29 is 19.4 Å². The Morgan fingerprint density at radius 3 is 2.70 bits per heavy atom. The van der Waals surface area contributed by atoms with Crippen LogP contribution >= 0.6 is 15.9 Å². The van der Waals surface area contributed by atoms with Crippen molar-refractivity contribution in [2.75, 3.05) is 24.8 Å². The van der Waals surface area contributed by atoms with Crippen LogP contribution in [0.3, 0.4) is 0 Å². The van der Waals surface area contributed by atoms with Crippen LogP contribution in [-0.2, 0) is 13.6 Å². The van der Waals surface area contributed by atoms with Gasteiger partial charge in [0.25, 0.3) is 5.56 Å². The van der Waals surface area contributed by atoms with E-state index >= 15 is 0 Å². The summed E-state index contributed by atoms with van der Waals surface area (Å²) in [6, 6.07) is 11.4. The van der Waals surface area contributed by atoms with E-state index in [1.807, 2.05) is 36.4 Å². The highest BCUT2D eigenvalue weighted by Gasteiger charge is 2.30. The molecule has 2 aromatic carbocycles. The number of carbonyl (C=O) groups is 1. The van der Waals surface area contributed by atoms with Gasteiger partial charge in [-0.2, -0.15) is 0 Å². The topological polar surface area (TPSA) is 93.0 Å². The number of aryl methyl sites for hydroxylation is 1. The summed E-state index contributed by atoms with van der Waals surface area (Å²) >= 11 is 3.52. The first-order valence-electron chi connectivity index (χ1n) is 10.9. The zero-order valence-electron chi connectivity index (χ0n) is 18.1. The molecule has 2 N–H and O–H groups in total. The number of halogens is 1. The van der Waals surface area contributed by atoms with E-state index in [1.54, 1.807) is 7.05 Å². The Hall–Kier alpha value is -3.04. The summed E-state index contributed by atoms with van der Waals surface area (Å²) in [5.41, 5.74) is 1.39. The second-order valence-corrected chi connectivity index (χ2v) is 9.27. The summed E-state index contributed by atoms with van der Waals surface area (Å²) in [5, 5.41) is 14.2. The summed E-state index contributed by atoms with van der Waals surface area (Å²) in [7, 11) is 1.61. The third kappa shape index (κ3) is 3.95. The van der Waals surface area contributed by atoms with Crippen LogP contribution in [-0.4, -0.2) is 41.6 Å². The van der Waals surface area contributed by atoms with Gasteiger partial charge in [0.15, 0.2) is 11.5 Å². The third-order valence-corrected chi connectivity index (χ3v) is 6.86. The van der Waals surface area contributed by atoms with Crippen LogP contribution in [0.1, 0.15) is 28.8 Å². The summed E-state index contributed by atoms with van der Waals surface area (Å²) < 4.78 is 13.2. The molecule has 33 heavy (non-hydrogen) atoms. The lowest BCUT2D eigenvalue weighted by atomic mass is 9.99. The average Bonchev–Trinajstić information content (AvgIpc) is 3.28. The first kappa shape index (κ1) is 21.8. The second kappa shape index (κ2) is 8.72. The predicted octanol–water partition coefficient (Wildman–Crippen LogP) is 3.49. The Morgan fingerprint density at radius 2 is 1.94 bits per heavy atom. The standard InChI is InChI=1S/C24H24BrN3O5/c1-27-18-4-3-15(25)11-17(18)22(21(23(27)29)24(30)31)28(16-6-8-26-9-7-16)12-14-2-5-19-20(10-14)33-13-32-19/h2-5,10-11,16,26H,6-9,12-13H2,1H3,(H,30,31). The fourth-order valence-corrected chi connectivity index (χ4v) is 5.10. The Balaban J connectivity index is 1.73. The minimum atomic E-state index is -1.22. The summed E-state index contributed by atoms with van der Waals surface area (Å²) in [5.74, 6) is 0.145. The van der Waals surface area contributed by atoms with Crippen molar-refractivity contribution in [1.82, 2.24) is 9.88 Å². The minimum absolute atomic E-state index is 0.0732. The van der Waals surface area contributed by atoms with E-state index < -0.39 is 11.5 Å². The zero-order chi connectivity index (χ0) is 23.1. The molecule has 2 aliphatic heterocycles. The molecule has 2 aliphatic rings. The number of anilines is 1. The second-order valence-electron chi connectivity index (χ2n) is 8.35. The number of fused-ring (bicyclic) bond motifs is 2. The quantitative estimate of drug-likeness (QED) is 0.539. The van der Waals surface area contributed by atoms with Crippen molar-refractivity contribution in [1.29, 1.82) is 0 Å². The first-order valence-corrected chi connectivity index (χ1v) is 11.6. The van der Waals surface area contributed by atoms with Gasteiger partial charge in [-0.1, -0.05) is 22.0 Å². The molecule has 0 radical (unpaired) electrons. The maximum atomic E-state index is 13.2. The number of aromatic nitrogens is 1. The van der Waals surface area contributed by atoms with Crippen LogP contribution in [0.5, 0.6) is 11.5 Å². The molecular formula is C24H24BrN3O5. The van der Waals surface area contributed by atoms with Gasteiger partial charge in [-0.05, 0) is 61.8 Å². The number of benzene rings is 2. The molecular weight excluding hydrogens is 490 g/mol. The van der Waals surface area contributed by atoms with Crippen molar-refractivity contribution in [2.24, 2.45) is 7.05 Å². The SMILES string of the molecule is Cn1c(=O)c(C(=O)O)c(N(Cc2ccc3c(c2)OCO3)C2CCNCC2)c2cc(Br)ccc21. The number of pyridine rings is 1. The minimum Gasteiger partial charge on any atom is -0.477 e. The number of nitrogens with zero attached hydrogens (tertiary/aromatic N) is 2. The lowest BCUT2D eigenvalue weighted by molar-refractivity contribution is 0.0695. The molecule has 0 unspecified atom stereocenters. The van der Waals surface area contributed by atoms with Crippen LogP contribution in [0.25, 0.3) is 10.9 Å². The van der Waals surface area contributed by atoms with Gasteiger partial charge in [0.05, 0.1) is 11.2 Å². The number of carboxylic acid groups (broad SMARTS) is 1. The maximum absolute atomic E-state index is 13.2. The predicted molar refractivity (Wildman–Crippen MR) is 128 cm³/mol. The van der Waals surface area contributed by atoms with Gasteiger partial charge >= 0.3 is 5.97 Å². The van der Waals surface area contributed by atoms with Crippen molar-refractivity contribution in [3.63, 3.8) is 0 Å². The zero-order valence-corrected chi connectivity index (χ0v) is 19.7. The van der Waals surface area contributed by atoms with Gasteiger partial charge in [0.1, 0.15) is 5.56 Å². The average molecular weight is 514 g/mol. The van der Waals surface area contributed by atoms with Gasteiger partial charge in [-0.25, -0.2) is 4.79 Å². The Bertz CT molecular complexity index is 1300. The number of carboxylic acids is 1. The van der Waals surface area contributed by atoms with E-state index in [9.17, 15) is 14.7 Å². The van der Waals surface area contributed by atoms with Crippen LogP contribution in [0.2, 0.25) is 0 Å². The van der Waals surface area contributed by atoms with E-state index in [2.05, 4.69) is 26.1 Å². The molecule has 0 bridgehead atoms. The van der Waals surface area contributed by atoms with Crippen LogP contribution in [0.15, 0.2) is 45.7 Å². The number of piperidine rings is 1. The Labute approximate surface area is 198 Å². The number of aromatic carboxylic acids is 1. The van der Waals surface area contributed by atoms with Crippen molar-refractivity contribution in [3.05, 3.63) is 62.4 Å². The summed E-state index contributed by atoms with van der Waals surface area (Å²) in [6.07, 6.45) is 1.68. The van der Waals surface area contributed by atoms with E-state index in [0.717, 1.165) is 41.4 Å². The third-order valence-electron chi connectivity index (χ3n) is 6.37. The highest BCUT2D eigenvalue weighted by molar-refractivity contribution is 9.10. The maximum Gasteiger partial charge on any atom is 0.343 e. The highest BCUT2D eigenvalue weighted by Crippen LogP contribution is 2.37. The number of ether oxygens (including phenoxy) is 2. The first-order chi connectivity index (χ1) is 15.9. The van der Waals surface area contributed by atoms with Gasteiger partial charge in [-0.15, -0.1) is 0 Å². The van der Waals surface area contributed by atoms with Crippen molar-refractivity contribution >= 4 is 38.5 Å². The molecule has 3 aromatic rings. The smallest absolute Gasteiger partial charge is 0.343 e. The molecule has 3 heterocycles. The molecule has 1 fully saturated rings. The van der Waals surface area contributed by atoms with Crippen LogP contribution in [0, 0.1) is 0 Å². The molecule has 8 nitrogen and oxygen atoms in total. The lowest BCUT2D eigenvalue weighted by Gasteiger charge is -2.38. The molecule has 0 atom stereocenters. The Kier molecular flexibility index (Phi) is 5.76. The molecule has 5 rings (SSSR count). The van der Waals surface area contributed by atoms with E-state index in [1.165, 1.54) is 4.57 Å². The summed E-state index contributed by atoms with van der Waals surface area (Å²) in [4.78, 5) is 27.7. The summed E-state index contributed by atoms with van der Waals surface area (Å²) in [6.45, 7) is 2.29. The van der Waals surface area contributed by atoms with Crippen molar-refractivity contribution in [3.8, 4) is 11.5 Å². The molecule has 0 amide bonds. The molecule has 1 saturated heterocycles. The largest absolute Gasteiger partial charge is 0.477 e. The number of hydrogen-bond donors (Lipinski definition) is 2. The van der Waals surface area contributed by atoms with E-state index in [4.69, 9.17) is 9.47 Å². The molecule has 0 spiro atoms. The monoisotopic (exact) mass is 513 g/mol. The van der Waals surface area contributed by atoms with Gasteiger partial charge < -0.3 is 29.4 Å². The van der Waals surface area contributed by atoms with Crippen molar-refractivity contribution in [2.45, 2.75) is 25.4 Å². The van der Waals surface area contributed by atoms with Crippen LogP contribution in [0.4, 0.5) is 5.69 Å². The van der Waals surface area contributed by atoms with Gasteiger partial charge in [0, 0.05) is 29.5 Å². The number of rotatable bonds is 5. The van der Waals surface area contributed by atoms with E-state index in [0.29, 0.717) is 29.2 Å². The molecule has 172 valence electrons. The lowest BCUT2D eigenvalue weighted by Crippen LogP contribution is -2.44. The van der Waals surface area contributed by atoms with Crippen LogP contribution < -0.4 is 25.2 Å². The van der Waals surface area contributed by atoms with Gasteiger partial charge in [0.2, 0.25) is 6.79 Å². The fraction of sp³-hybridized carbons (Fsp3) is 0.333. The van der Waals surface area contributed by atoms with E-state index in [-0.39, 0.29) is 18.4 Å². The molecule has 0 aliphatic carbocycles. The number of hydrogen-bond acceptors (Lipinski definition) is 6. The Morgan fingerprint density at radius 1 is 1.18 bits per heavy atom. The number of nitrogens with one attached hydrogen (secondary N) is 1.